The second-order valence-electron chi connectivity index (χ2n) is 4.54. The van der Waals surface area contributed by atoms with Gasteiger partial charge in [0.2, 0.25) is 0 Å². The second-order valence-corrected chi connectivity index (χ2v) is 4.93. The highest BCUT2D eigenvalue weighted by atomic mass is 32.1. The third-order valence-corrected chi connectivity index (χ3v) is 3.57. The van der Waals surface area contributed by atoms with Gasteiger partial charge in [0.1, 0.15) is 10.5 Å². The Hall–Kier alpha value is -3.27. The van der Waals surface area contributed by atoms with Gasteiger partial charge in [0.25, 0.3) is 11.4 Å². The molecule has 0 aliphatic heterocycles. The standard InChI is InChI=1S/C13H7N5O4S/c19-17(20)9-3-1-8(2-4-9)13(23)16-12-6-5-10(18(21)22)7-11(12)14-15-16/h1-7H. The van der Waals surface area contributed by atoms with Crippen LogP contribution in [0.1, 0.15) is 5.56 Å². The van der Waals surface area contributed by atoms with E-state index in [1.165, 1.54) is 47.1 Å². The Bertz CT molecular complexity index is 951. The molecule has 114 valence electrons. The number of thiocarbonyl (C=S) groups is 1. The van der Waals surface area contributed by atoms with Crippen LogP contribution in [0.15, 0.2) is 42.5 Å². The van der Waals surface area contributed by atoms with Gasteiger partial charge in [0.05, 0.1) is 15.4 Å². The molecule has 0 aliphatic carbocycles. The minimum atomic E-state index is -0.521. The smallest absolute Gasteiger partial charge is 0.258 e. The minimum Gasteiger partial charge on any atom is -0.258 e. The van der Waals surface area contributed by atoms with Gasteiger partial charge < -0.3 is 0 Å². The molecule has 1 heterocycles. The molecule has 9 nitrogen and oxygen atoms in total. The maximum absolute atomic E-state index is 10.8. The predicted octanol–water partition coefficient (Wildman–Crippen LogP) is 2.47. The third-order valence-electron chi connectivity index (χ3n) is 3.16. The van der Waals surface area contributed by atoms with E-state index in [1.807, 2.05) is 0 Å². The molecule has 0 saturated carbocycles. The second kappa shape index (κ2) is 5.50. The zero-order valence-electron chi connectivity index (χ0n) is 11.3. The molecule has 0 N–H and O–H groups in total. The van der Waals surface area contributed by atoms with Crippen LogP contribution in [0.2, 0.25) is 0 Å². The molecule has 2 aromatic carbocycles. The van der Waals surface area contributed by atoms with Crippen LogP contribution in [0, 0.1) is 20.2 Å². The average Bonchev–Trinajstić information content (AvgIpc) is 2.97. The van der Waals surface area contributed by atoms with Gasteiger partial charge in [-0.3, -0.25) is 20.2 Å². The summed E-state index contributed by atoms with van der Waals surface area (Å²) in [5.41, 5.74) is 1.26. The topological polar surface area (TPSA) is 117 Å². The van der Waals surface area contributed by atoms with Gasteiger partial charge in [-0.1, -0.05) is 17.4 Å². The molecule has 10 heteroatoms. The van der Waals surface area contributed by atoms with E-state index in [0.29, 0.717) is 16.6 Å². The maximum Gasteiger partial charge on any atom is 0.271 e. The number of nitro benzene ring substituents is 2. The molecule has 0 saturated heterocycles. The average molecular weight is 329 g/mol. The summed E-state index contributed by atoms with van der Waals surface area (Å²) in [6.07, 6.45) is 0. The largest absolute Gasteiger partial charge is 0.271 e. The fourth-order valence-corrected chi connectivity index (χ4v) is 2.29. The van der Waals surface area contributed by atoms with E-state index in [4.69, 9.17) is 12.2 Å². The highest BCUT2D eigenvalue weighted by Crippen LogP contribution is 2.20. The third kappa shape index (κ3) is 2.62. The Kier molecular flexibility index (Phi) is 3.50. The number of fused-ring (bicyclic) bond motifs is 1. The van der Waals surface area contributed by atoms with Gasteiger partial charge in [-0.25, -0.2) is 4.68 Å². The van der Waals surface area contributed by atoms with Crippen molar-refractivity contribution < 1.29 is 9.85 Å². The van der Waals surface area contributed by atoms with Crippen LogP contribution in [-0.4, -0.2) is 29.8 Å². The first-order valence-electron chi connectivity index (χ1n) is 6.26. The van der Waals surface area contributed by atoms with Crippen LogP contribution in [0.3, 0.4) is 0 Å². The number of benzene rings is 2. The van der Waals surface area contributed by atoms with E-state index in [1.54, 1.807) is 0 Å². The summed E-state index contributed by atoms with van der Waals surface area (Å²) in [7, 11) is 0. The van der Waals surface area contributed by atoms with Gasteiger partial charge in [0.15, 0.2) is 0 Å². The fourth-order valence-electron chi connectivity index (χ4n) is 2.02. The van der Waals surface area contributed by atoms with Crippen molar-refractivity contribution in [1.82, 2.24) is 15.0 Å². The normalized spacial score (nSPS) is 10.6. The van der Waals surface area contributed by atoms with Crippen LogP contribution in [0.25, 0.3) is 11.0 Å². The van der Waals surface area contributed by atoms with Crippen LogP contribution < -0.4 is 0 Å². The van der Waals surface area contributed by atoms with Crippen LogP contribution in [-0.2, 0) is 0 Å². The summed E-state index contributed by atoms with van der Waals surface area (Å²) in [5.74, 6) is 0. The summed E-state index contributed by atoms with van der Waals surface area (Å²) >= 11 is 5.32. The van der Waals surface area contributed by atoms with Crippen molar-refractivity contribution in [2.45, 2.75) is 0 Å². The monoisotopic (exact) mass is 329 g/mol. The van der Waals surface area contributed by atoms with Gasteiger partial charge in [0, 0.05) is 29.8 Å². The SMILES string of the molecule is O=[N+]([O-])c1ccc(C(=S)n2nnc3cc([N+](=O)[O-])ccc32)cc1. The molecule has 0 spiro atoms. The van der Waals surface area contributed by atoms with Crippen molar-refractivity contribution in [3.05, 3.63) is 68.3 Å². The minimum absolute atomic E-state index is 0.0457. The number of nitrogens with zero attached hydrogens (tertiary/aromatic N) is 5. The molecule has 3 rings (SSSR count). The molecule has 0 fully saturated rings. The van der Waals surface area contributed by atoms with E-state index in [-0.39, 0.29) is 16.4 Å². The first-order valence-corrected chi connectivity index (χ1v) is 6.67. The Morgan fingerprint density at radius 1 is 1.00 bits per heavy atom. The summed E-state index contributed by atoms with van der Waals surface area (Å²) in [5, 5.41) is 29.2. The Labute approximate surface area is 133 Å². The fraction of sp³-hybridized carbons (Fsp3) is 0. The van der Waals surface area contributed by atoms with Crippen LogP contribution in [0.5, 0.6) is 0 Å². The summed E-state index contributed by atoms with van der Waals surface area (Å²) in [6, 6.07) is 9.85. The lowest BCUT2D eigenvalue weighted by Crippen LogP contribution is -2.12. The molecule has 3 aromatic rings. The molecular formula is C13H7N5O4S. The van der Waals surface area contributed by atoms with Gasteiger partial charge in [-0.15, -0.1) is 5.10 Å². The lowest BCUT2D eigenvalue weighted by Gasteiger charge is -2.04. The Morgan fingerprint density at radius 2 is 1.61 bits per heavy atom. The first kappa shape index (κ1) is 14.7. The lowest BCUT2D eigenvalue weighted by atomic mass is 10.2. The summed E-state index contributed by atoms with van der Waals surface area (Å²) in [6.45, 7) is 0. The van der Waals surface area contributed by atoms with Crippen molar-refractivity contribution in [2.24, 2.45) is 0 Å². The zero-order chi connectivity index (χ0) is 16.6. The van der Waals surface area contributed by atoms with Crippen molar-refractivity contribution in [3.8, 4) is 0 Å². The molecule has 23 heavy (non-hydrogen) atoms. The van der Waals surface area contributed by atoms with Gasteiger partial charge in [-0.05, 0) is 18.2 Å². The number of hydrogen-bond donors (Lipinski definition) is 0. The molecule has 0 atom stereocenters. The number of aromatic nitrogens is 3. The number of non-ortho nitro benzene ring substituents is 2. The van der Waals surface area contributed by atoms with E-state index in [2.05, 4.69) is 10.3 Å². The Morgan fingerprint density at radius 3 is 2.22 bits per heavy atom. The van der Waals surface area contributed by atoms with E-state index in [0.717, 1.165) is 0 Å². The van der Waals surface area contributed by atoms with Crippen molar-refractivity contribution >= 4 is 39.6 Å². The summed E-state index contributed by atoms with van der Waals surface area (Å²) in [4.78, 5) is 20.7. The Balaban J connectivity index is 2.00. The van der Waals surface area contributed by atoms with E-state index >= 15 is 0 Å². The molecule has 0 amide bonds. The van der Waals surface area contributed by atoms with E-state index in [9.17, 15) is 20.2 Å². The maximum atomic E-state index is 10.8. The first-order chi connectivity index (χ1) is 11.0. The number of rotatable bonds is 3. The summed E-state index contributed by atoms with van der Waals surface area (Å²) < 4.78 is 1.36. The van der Waals surface area contributed by atoms with Crippen molar-refractivity contribution in [3.63, 3.8) is 0 Å². The molecule has 1 aromatic heterocycles. The molecule has 0 radical (unpaired) electrons. The number of hydrogen-bond acceptors (Lipinski definition) is 7. The molecule has 0 bridgehead atoms. The zero-order valence-corrected chi connectivity index (χ0v) is 12.1. The molecule has 0 aliphatic rings. The lowest BCUT2D eigenvalue weighted by molar-refractivity contribution is -0.385. The van der Waals surface area contributed by atoms with Crippen LogP contribution in [0.4, 0.5) is 11.4 Å². The van der Waals surface area contributed by atoms with Crippen LogP contribution >= 0.6 is 12.2 Å². The van der Waals surface area contributed by atoms with Gasteiger partial charge in [-0.2, -0.15) is 0 Å². The highest BCUT2D eigenvalue weighted by molar-refractivity contribution is 7.80. The molecular weight excluding hydrogens is 322 g/mol. The van der Waals surface area contributed by atoms with Crippen molar-refractivity contribution in [1.29, 1.82) is 0 Å². The molecule has 0 unspecified atom stereocenters. The van der Waals surface area contributed by atoms with Gasteiger partial charge >= 0.3 is 0 Å². The predicted molar refractivity (Wildman–Crippen MR) is 84.4 cm³/mol. The quantitative estimate of drug-likeness (QED) is 0.411. The van der Waals surface area contributed by atoms with Crippen molar-refractivity contribution in [2.75, 3.05) is 0 Å². The number of nitro groups is 2. The van der Waals surface area contributed by atoms with E-state index < -0.39 is 9.85 Å². The highest BCUT2D eigenvalue weighted by Gasteiger charge is 2.15.